The average molecular weight is 481 g/mol. The van der Waals surface area contributed by atoms with Crippen LogP contribution in [0.1, 0.15) is 35.9 Å². The summed E-state index contributed by atoms with van der Waals surface area (Å²) in [5.41, 5.74) is 2.64. The summed E-state index contributed by atoms with van der Waals surface area (Å²) in [7, 11) is 0. The first kappa shape index (κ1) is 24.5. The molecule has 0 spiro atoms. The number of benzene rings is 3. The first-order chi connectivity index (χ1) is 17.0. The van der Waals surface area contributed by atoms with Crippen LogP contribution in [0.4, 0.5) is 13.2 Å². The largest absolute Gasteiger partial charge is 0.490 e. The normalized spacial score (nSPS) is 11.2. The van der Waals surface area contributed by atoms with Crippen molar-refractivity contribution in [2.45, 2.75) is 45.6 Å². The number of alkyl halides is 2. The Morgan fingerprint density at radius 1 is 0.800 bits per heavy atom. The molecule has 0 fully saturated rings. The molecule has 1 heterocycles. The predicted octanol–water partition coefficient (Wildman–Crippen LogP) is 6.73. The van der Waals surface area contributed by atoms with Crippen LogP contribution >= 0.6 is 0 Å². The molecule has 0 saturated heterocycles. The lowest BCUT2D eigenvalue weighted by atomic mass is 9.98. The first-order valence-electron chi connectivity index (χ1n) is 11.7. The van der Waals surface area contributed by atoms with Crippen LogP contribution in [0.5, 0.6) is 11.5 Å². The maximum atomic E-state index is 15.2. The van der Waals surface area contributed by atoms with Crippen molar-refractivity contribution in [2.75, 3.05) is 6.61 Å². The second kappa shape index (κ2) is 11.7. The van der Waals surface area contributed by atoms with Gasteiger partial charge in [-0.15, -0.1) is 0 Å². The SMILES string of the molecule is CCCOc1cnc(CCc2ccc3c(F)c(CCc4ccc(OC(F)F)cc4)ccc3c2)nc1. The van der Waals surface area contributed by atoms with E-state index in [2.05, 4.69) is 14.7 Å². The van der Waals surface area contributed by atoms with Crippen molar-refractivity contribution in [2.24, 2.45) is 0 Å². The summed E-state index contributed by atoms with van der Waals surface area (Å²) in [5.74, 6) is 1.30. The van der Waals surface area contributed by atoms with E-state index in [-0.39, 0.29) is 11.6 Å². The molecule has 35 heavy (non-hydrogen) atoms. The van der Waals surface area contributed by atoms with Crippen molar-refractivity contribution >= 4 is 10.8 Å². The third-order valence-corrected chi connectivity index (χ3v) is 5.72. The third-order valence-electron chi connectivity index (χ3n) is 5.72. The highest BCUT2D eigenvalue weighted by atomic mass is 19.3. The highest BCUT2D eigenvalue weighted by Crippen LogP contribution is 2.25. The summed E-state index contributed by atoms with van der Waals surface area (Å²) in [6.07, 6.45) is 6.86. The molecule has 0 unspecified atom stereocenters. The lowest BCUT2D eigenvalue weighted by Gasteiger charge is -2.10. The van der Waals surface area contributed by atoms with Gasteiger partial charge in [0.05, 0.1) is 19.0 Å². The third kappa shape index (κ3) is 6.72. The van der Waals surface area contributed by atoms with Crippen molar-refractivity contribution in [3.05, 3.63) is 95.3 Å². The molecule has 0 saturated carbocycles. The van der Waals surface area contributed by atoms with E-state index in [1.165, 1.54) is 12.1 Å². The minimum Gasteiger partial charge on any atom is -0.490 e. The molecule has 0 atom stereocenters. The molecule has 0 radical (unpaired) electrons. The van der Waals surface area contributed by atoms with Gasteiger partial charge in [-0.25, -0.2) is 14.4 Å². The van der Waals surface area contributed by atoms with E-state index in [9.17, 15) is 8.78 Å². The summed E-state index contributed by atoms with van der Waals surface area (Å²) < 4.78 is 49.6. The Balaban J connectivity index is 1.37. The maximum Gasteiger partial charge on any atom is 0.387 e. The predicted molar refractivity (Wildman–Crippen MR) is 130 cm³/mol. The molecular weight excluding hydrogens is 453 g/mol. The Labute approximate surface area is 202 Å². The topological polar surface area (TPSA) is 44.2 Å². The van der Waals surface area contributed by atoms with E-state index in [1.54, 1.807) is 24.5 Å². The first-order valence-corrected chi connectivity index (χ1v) is 11.7. The van der Waals surface area contributed by atoms with E-state index in [4.69, 9.17) is 4.74 Å². The van der Waals surface area contributed by atoms with Crippen molar-refractivity contribution in [3.63, 3.8) is 0 Å². The van der Waals surface area contributed by atoms with E-state index >= 15 is 4.39 Å². The molecule has 0 N–H and O–H groups in total. The molecule has 4 rings (SSSR count). The standard InChI is InChI=1S/C28H27F3N2O2/c1-2-15-34-24-17-32-26(33-18-24)14-7-20-6-13-25-22(16-20)10-9-21(27(25)29)8-3-19-4-11-23(12-5-19)35-28(30)31/h4-6,9-13,16-18,28H,2-3,7-8,14-15H2,1H3. The van der Waals surface area contributed by atoms with Gasteiger partial charge in [-0.1, -0.05) is 49.4 Å². The number of hydrogen-bond acceptors (Lipinski definition) is 4. The average Bonchev–Trinajstić information content (AvgIpc) is 2.87. The smallest absolute Gasteiger partial charge is 0.387 e. The van der Waals surface area contributed by atoms with Crippen LogP contribution in [0, 0.1) is 5.82 Å². The van der Waals surface area contributed by atoms with Crippen molar-refractivity contribution in [1.29, 1.82) is 0 Å². The summed E-state index contributed by atoms with van der Waals surface area (Å²) in [5, 5.41) is 1.43. The molecular formula is C28H27F3N2O2. The van der Waals surface area contributed by atoms with Crippen LogP contribution in [0.2, 0.25) is 0 Å². The molecule has 7 heteroatoms. The van der Waals surface area contributed by atoms with Gasteiger partial charge in [0.1, 0.15) is 17.4 Å². The fourth-order valence-corrected chi connectivity index (χ4v) is 3.87. The number of aryl methyl sites for hydroxylation is 4. The highest BCUT2D eigenvalue weighted by Gasteiger charge is 2.10. The molecule has 1 aromatic heterocycles. The minimum absolute atomic E-state index is 0.112. The van der Waals surface area contributed by atoms with E-state index in [0.29, 0.717) is 42.6 Å². The summed E-state index contributed by atoms with van der Waals surface area (Å²) in [4.78, 5) is 8.72. The zero-order valence-corrected chi connectivity index (χ0v) is 19.5. The molecule has 0 bridgehead atoms. The Bertz CT molecular complexity index is 1250. The number of nitrogens with zero attached hydrogens (tertiary/aromatic N) is 2. The number of rotatable bonds is 11. The van der Waals surface area contributed by atoms with Gasteiger partial charge in [0.25, 0.3) is 0 Å². The Morgan fingerprint density at radius 3 is 2.23 bits per heavy atom. The second-order valence-corrected chi connectivity index (χ2v) is 8.30. The number of hydrogen-bond donors (Lipinski definition) is 0. The van der Waals surface area contributed by atoms with E-state index < -0.39 is 6.61 Å². The zero-order chi connectivity index (χ0) is 24.6. The fourth-order valence-electron chi connectivity index (χ4n) is 3.87. The van der Waals surface area contributed by atoms with Crippen molar-refractivity contribution in [3.8, 4) is 11.5 Å². The Kier molecular flexibility index (Phi) is 8.19. The highest BCUT2D eigenvalue weighted by molar-refractivity contribution is 5.84. The second-order valence-electron chi connectivity index (χ2n) is 8.30. The van der Waals surface area contributed by atoms with Gasteiger partial charge in [0.2, 0.25) is 0 Å². The Morgan fingerprint density at radius 2 is 1.51 bits per heavy atom. The van der Waals surface area contributed by atoms with Crippen molar-refractivity contribution in [1.82, 2.24) is 9.97 Å². The van der Waals surface area contributed by atoms with Crippen LogP contribution < -0.4 is 9.47 Å². The van der Waals surface area contributed by atoms with E-state index in [0.717, 1.165) is 35.2 Å². The maximum absolute atomic E-state index is 15.2. The molecule has 182 valence electrons. The molecule has 4 nitrogen and oxygen atoms in total. The number of halogens is 3. The summed E-state index contributed by atoms with van der Waals surface area (Å²) >= 11 is 0. The van der Waals surface area contributed by atoms with Crippen LogP contribution in [-0.4, -0.2) is 23.2 Å². The van der Waals surface area contributed by atoms with Gasteiger partial charge in [-0.2, -0.15) is 8.78 Å². The minimum atomic E-state index is -2.85. The molecule has 0 amide bonds. The Hall–Kier alpha value is -3.61. The molecule has 0 aliphatic heterocycles. The monoisotopic (exact) mass is 480 g/mol. The summed E-state index contributed by atoms with van der Waals surface area (Å²) in [6, 6.07) is 16.0. The van der Waals surface area contributed by atoms with Crippen LogP contribution in [-0.2, 0) is 25.7 Å². The molecule has 4 aromatic rings. The van der Waals surface area contributed by atoms with Crippen LogP contribution in [0.15, 0.2) is 67.0 Å². The number of fused-ring (bicyclic) bond motifs is 1. The number of aromatic nitrogens is 2. The van der Waals surface area contributed by atoms with E-state index in [1.807, 2.05) is 37.3 Å². The van der Waals surface area contributed by atoms with Crippen LogP contribution in [0.3, 0.4) is 0 Å². The van der Waals surface area contributed by atoms with Gasteiger partial charge in [0.15, 0.2) is 5.75 Å². The van der Waals surface area contributed by atoms with Crippen LogP contribution in [0.25, 0.3) is 10.8 Å². The van der Waals surface area contributed by atoms with Gasteiger partial charge in [0, 0.05) is 11.8 Å². The van der Waals surface area contributed by atoms with Gasteiger partial charge < -0.3 is 9.47 Å². The zero-order valence-electron chi connectivity index (χ0n) is 19.5. The molecule has 3 aromatic carbocycles. The van der Waals surface area contributed by atoms with Gasteiger partial charge in [-0.3, -0.25) is 0 Å². The summed E-state index contributed by atoms with van der Waals surface area (Å²) in [6.45, 7) is -0.160. The lowest BCUT2D eigenvalue weighted by molar-refractivity contribution is -0.0498. The fraction of sp³-hybridized carbons (Fsp3) is 0.286. The number of ether oxygens (including phenoxy) is 2. The molecule has 0 aliphatic carbocycles. The van der Waals surface area contributed by atoms with Gasteiger partial charge in [-0.05, 0) is 59.9 Å². The lowest BCUT2D eigenvalue weighted by Crippen LogP contribution is -2.02. The quantitative estimate of drug-likeness (QED) is 0.239. The molecule has 0 aliphatic rings. The van der Waals surface area contributed by atoms with Crippen molar-refractivity contribution < 1.29 is 22.6 Å². The van der Waals surface area contributed by atoms with Gasteiger partial charge >= 0.3 is 6.61 Å².